The van der Waals surface area contributed by atoms with Crippen LogP contribution < -0.4 is 0 Å². The van der Waals surface area contributed by atoms with Crippen molar-refractivity contribution in [1.82, 2.24) is 0 Å². The summed E-state index contributed by atoms with van der Waals surface area (Å²) in [5, 5.41) is 0. The van der Waals surface area contributed by atoms with Crippen LogP contribution in [0, 0.1) is 0 Å². The van der Waals surface area contributed by atoms with Gasteiger partial charge in [-0.15, -0.1) is 0 Å². The highest BCUT2D eigenvalue weighted by atomic mass is 16.5. The second-order valence-electron chi connectivity index (χ2n) is 6.14. The zero-order chi connectivity index (χ0) is 16.3. The maximum Gasteiger partial charge on any atom is 0.305 e. The Morgan fingerprint density at radius 3 is 1.77 bits per heavy atom. The molecule has 0 fully saturated rings. The van der Waals surface area contributed by atoms with E-state index in [9.17, 15) is 4.79 Å². The summed E-state index contributed by atoms with van der Waals surface area (Å²) in [6.07, 6.45) is 22.0. The van der Waals surface area contributed by atoms with Crippen LogP contribution in [0.3, 0.4) is 0 Å². The van der Waals surface area contributed by atoms with E-state index in [2.05, 4.69) is 19.1 Å². The van der Waals surface area contributed by atoms with Gasteiger partial charge in [0.15, 0.2) is 0 Å². The molecule has 0 radical (unpaired) electrons. The molecule has 2 heteroatoms. The maximum absolute atomic E-state index is 11.1. The largest absolute Gasteiger partial charge is 0.466 e. The third-order valence-electron chi connectivity index (χ3n) is 3.95. The Morgan fingerprint density at radius 2 is 1.23 bits per heavy atom. The summed E-state index contributed by atoms with van der Waals surface area (Å²) in [5.74, 6) is -0.0444. The Bertz CT molecular complexity index is 258. The predicted molar refractivity (Wildman–Crippen MR) is 96.1 cm³/mol. The fourth-order valence-corrected chi connectivity index (χ4v) is 2.57. The monoisotopic (exact) mass is 310 g/mol. The maximum atomic E-state index is 11.1. The minimum Gasteiger partial charge on any atom is -0.466 e. The van der Waals surface area contributed by atoms with Crippen LogP contribution in [0.2, 0.25) is 0 Å². The fourth-order valence-electron chi connectivity index (χ4n) is 2.57. The van der Waals surface area contributed by atoms with Crippen molar-refractivity contribution in [1.29, 1.82) is 0 Å². The van der Waals surface area contributed by atoms with Crippen molar-refractivity contribution in [3.63, 3.8) is 0 Å². The Morgan fingerprint density at radius 1 is 0.727 bits per heavy atom. The van der Waals surface area contributed by atoms with Crippen LogP contribution in [0.5, 0.6) is 0 Å². The third-order valence-corrected chi connectivity index (χ3v) is 3.95. The minimum absolute atomic E-state index is 0.0444. The van der Waals surface area contributed by atoms with E-state index in [-0.39, 0.29) is 5.97 Å². The highest BCUT2D eigenvalue weighted by Crippen LogP contribution is 2.10. The summed E-state index contributed by atoms with van der Waals surface area (Å²) in [7, 11) is 0. The van der Waals surface area contributed by atoms with Crippen LogP contribution in [-0.2, 0) is 9.53 Å². The second-order valence-corrected chi connectivity index (χ2v) is 6.14. The molecule has 130 valence electrons. The number of allylic oxidation sites excluding steroid dienone is 2. The molecule has 0 saturated carbocycles. The van der Waals surface area contributed by atoms with Gasteiger partial charge in [-0.3, -0.25) is 4.79 Å². The Labute approximate surface area is 138 Å². The summed E-state index contributed by atoms with van der Waals surface area (Å²) in [5.41, 5.74) is 0. The summed E-state index contributed by atoms with van der Waals surface area (Å²) >= 11 is 0. The molecule has 0 aliphatic heterocycles. The molecule has 0 atom stereocenters. The van der Waals surface area contributed by atoms with Gasteiger partial charge in [-0.05, 0) is 39.0 Å². The van der Waals surface area contributed by atoms with Crippen molar-refractivity contribution in [2.45, 2.75) is 104 Å². The lowest BCUT2D eigenvalue weighted by atomic mass is 10.1. The predicted octanol–water partition coefficient (Wildman–Crippen LogP) is 6.59. The number of carbonyl (C=O) groups excluding carboxylic acids is 1. The lowest BCUT2D eigenvalue weighted by molar-refractivity contribution is -0.143. The van der Waals surface area contributed by atoms with E-state index in [1.54, 1.807) is 0 Å². The van der Waals surface area contributed by atoms with E-state index in [1.807, 2.05) is 6.92 Å². The highest BCUT2D eigenvalue weighted by Gasteiger charge is 1.99. The van der Waals surface area contributed by atoms with Crippen molar-refractivity contribution in [3.05, 3.63) is 12.2 Å². The van der Waals surface area contributed by atoms with Gasteiger partial charge in [0.1, 0.15) is 0 Å². The molecule has 0 rings (SSSR count). The molecule has 0 aromatic carbocycles. The minimum atomic E-state index is -0.0444. The van der Waals surface area contributed by atoms with E-state index in [4.69, 9.17) is 4.74 Å². The van der Waals surface area contributed by atoms with Gasteiger partial charge < -0.3 is 4.74 Å². The topological polar surface area (TPSA) is 26.3 Å². The average Bonchev–Trinajstić information content (AvgIpc) is 2.51. The van der Waals surface area contributed by atoms with E-state index >= 15 is 0 Å². The fraction of sp³-hybridized carbons (Fsp3) is 0.850. The molecule has 0 aliphatic carbocycles. The number of hydrogen-bond donors (Lipinski definition) is 0. The lowest BCUT2D eigenvalue weighted by Gasteiger charge is -2.01. The van der Waals surface area contributed by atoms with Crippen LogP contribution >= 0.6 is 0 Å². The van der Waals surface area contributed by atoms with E-state index in [1.165, 1.54) is 70.6 Å². The van der Waals surface area contributed by atoms with Crippen LogP contribution in [0.1, 0.15) is 104 Å². The molecule has 0 spiro atoms. The zero-order valence-electron chi connectivity index (χ0n) is 15.1. The summed E-state index contributed by atoms with van der Waals surface area (Å²) in [6, 6.07) is 0. The number of carbonyl (C=O) groups is 1. The normalized spacial score (nSPS) is 11.2. The van der Waals surface area contributed by atoms with Crippen molar-refractivity contribution >= 4 is 5.97 Å². The average molecular weight is 311 g/mol. The standard InChI is InChI=1S/C20H38O2/c1-3-5-6-7-8-9-10-11-12-13-14-15-16-17-18-19-20(21)22-4-2/h12-13H,3-11,14-19H2,1-2H3/b13-12-. The number of rotatable bonds is 16. The van der Waals surface area contributed by atoms with Gasteiger partial charge in [-0.2, -0.15) is 0 Å². The molecule has 0 bridgehead atoms. The molecule has 22 heavy (non-hydrogen) atoms. The summed E-state index contributed by atoms with van der Waals surface area (Å²) in [4.78, 5) is 11.1. The van der Waals surface area contributed by atoms with Crippen LogP contribution in [-0.4, -0.2) is 12.6 Å². The molecule has 0 aliphatic rings. The van der Waals surface area contributed by atoms with Crippen molar-refractivity contribution < 1.29 is 9.53 Å². The first-order valence-corrected chi connectivity index (χ1v) is 9.61. The van der Waals surface area contributed by atoms with Gasteiger partial charge in [-0.1, -0.05) is 70.4 Å². The molecular formula is C20H38O2. The van der Waals surface area contributed by atoms with Crippen molar-refractivity contribution in [3.8, 4) is 0 Å². The summed E-state index contributed by atoms with van der Waals surface area (Å²) in [6.45, 7) is 4.63. The quantitative estimate of drug-likeness (QED) is 0.183. The van der Waals surface area contributed by atoms with E-state index < -0.39 is 0 Å². The van der Waals surface area contributed by atoms with Crippen LogP contribution in [0.4, 0.5) is 0 Å². The first-order chi connectivity index (χ1) is 10.8. The molecule has 0 heterocycles. The number of ether oxygens (including phenoxy) is 1. The molecule has 0 N–H and O–H groups in total. The molecule has 2 nitrogen and oxygen atoms in total. The molecular weight excluding hydrogens is 272 g/mol. The van der Waals surface area contributed by atoms with Gasteiger partial charge in [0.25, 0.3) is 0 Å². The van der Waals surface area contributed by atoms with Gasteiger partial charge in [0.2, 0.25) is 0 Å². The number of esters is 1. The first-order valence-electron chi connectivity index (χ1n) is 9.61. The van der Waals surface area contributed by atoms with E-state index in [0.29, 0.717) is 13.0 Å². The van der Waals surface area contributed by atoms with Crippen molar-refractivity contribution in [2.75, 3.05) is 6.61 Å². The Kier molecular flexibility index (Phi) is 17.6. The van der Waals surface area contributed by atoms with Gasteiger partial charge >= 0.3 is 5.97 Å². The number of hydrogen-bond acceptors (Lipinski definition) is 2. The smallest absolute Gasteiger partial charge is 0.305 e. The molecule has 0 saturated heterocycles. The highest BCUT2D eigenvalue weighted by molar-refractivity contribution is 5.69. The van der Waals surface area contributed by atoms with E-state index in [0.717, 1.165) is 12.8 Å². The van der Waals surface area contributed by atoms with Crippen LogP contribution in [0.25, 0.3) is 0 Å². The molecule has 0 unspecified atom stereocenters. The lowest BCUT2D eigenvalue weighted by Crippen LogP contribution is -2.02. The van der Waals surface area contributed by atoms with Gasteiger partial charge in [-0.25, -0.2) is 0 Å². The number of unbranched alkanes of at least 4 members (excludes halogenated alkanes) is 11. The zero-order valence-corrected chi connectivity index (χ0v) is 15.1. The Balaban J connectivity index is 3.13. The van der Waals surface area contributed by atoms with Crippen LogP contribution in [0.15, 0.2) is 12.2 Å². The molecule has 0 aromatic rings. The molecule has 0 aromatic heterocycles. The third kappa shape index (κ3) is 17.3. The van der Waals surface area contributed by atoms with Gasteiger partial charge in [0, 0.05) is 6.42 Å². The summed E-state index contributed by atoms with van der Waals surface area (Å²) < 4.78 is 4.91. The van der Waals surface area contributed by atoms with Crippen molar-refractivity contribution in [2.24, 2.45) is 0 Å². The SMILES string of the molecule is CCCCCCCCC/C=C\CCCCCCC(=O)OCC. The molecule has 0 amide bonds. The first kappa shape index (κ1) is 21.2. The van der Waals surface area contributed by atoms with Gasteiger partial charge in [0.05, 0.1) is 6.61 Å². The Hall–Kier alpha value is -0.790. The second kappa shape index (κ2) is 18.3.